The molecule has 150 valence electrons. The monoisotopic (exact) mass is 487 g/mol. The molecule has 1 fully saturated rings. The average Bonchev–Trinajstić information content (AvgIpc) is 3.07. The fraction of sp³-hybridized carbons (Fsp3) is 0.611. The predicted molar refractivity (Wildman–Crippen MR) is 118 cm³/mol. The first-order chi connectivity index (χ1) is 12.7. The Morgan fingerprint density at radius 1 is 1.37 bits per heavy atom. The molecule has 0 aliphatic carbocycles. The molecule has 2 atom stereocenters. The van der Waals surface area contributed by atoms with Crippen LogP contribution in [-0.2, 0) is 11.3 Å². The summed E-state index contributed by atoms with van der Waals surface area (Å²) in [5, 5.41) is 15.2. The highest BCUT2D eigenvalue weighted by Gasteiger charge is 2.23. The molecule has 27 heavy (non-hydrogen) atoms. The van der Waals surface area contributed by atoms with E-state index >= 15 is 0 Å². The maximum atomic E-state index is 5.53. The molecular weight excluding hydrogens is 457 g/mol. The van der Waals surface area contributed by atoms with E-state index in [4.69, 9.17) is 4.74 Å². The molecule has 0 radical (unpaired) electrons. The third kappa shape index (κ3) is 5.76. The van der Waals surface area contributed by atoms with Gasteiger partial charge in [-0.1, -0.05) is 6.07 Å². The first-order valence-electron chi connectivity index (χ1n) is 9.33. The third-order valence-electron chi connectivity index (χ3n) is 4.66. The summed E-state index contributed by atoms with van der Waals surface area (Å²) < 4.78 is 7.49. The Morgan fingerprint density at radius 2 is 2.22 bits per heavy atom. The zero-order valence-electron chi connectivity index (χ0n) is 16.3. The SMILES string of the molecule is CCNC(=NCc1nnc2ccccn12)NCC(C)N1CCOCC1C.I. The van der Waals surface area contributed by atoms with E-state index in [1.54, 1.807) is 0 Å². The number of hydrogen-bond donors (Lipinski definition) is 2. The zero-order chi connectivity index (χ0) is 18.4. The van der Waals surface area contributed by atoms with Crippen LogP contribution in [0.3, 0.4) is 0 Å². The highest BCUT2D eigenvalue weighted by atomic mass is 127. The zero-order valence-corrected chi connectivity index (χ0v) is 18.6. The van der Waals surface area contributed by atoms with Gasteiger partial charge in [0.25, 0.3) is 0 Å². The Morgan fingerprint density at radius 3 is 3.00 bits per heavy atom. The van der Waals surface area contributed by atoms with Gasteiger partial charge in [-0.05, 0) is 32.9 Å². The van der Waals surface area contributed by atoms with Gasteiger partial charge in [0.1, 0.15) is 6.54 Å². The van der Waals surface area contributed by atoms with Crippen LogP contribution in [0.5, 0.6) is 0 Å². The second kappa shape index (κ2) is 10.8. The predicted octanol–water partition coefficient (Wildman–Crippen LogP) is 1.51. The lowest BCUT2D eigenvalue weighted by molar-refractivity contribution is -0.0174. The summed E-state index contributed by atoms with van der Waals surface area (Å²) in [6.45, 7) is 11.2. The van der Waals surface area contributed by atoms with Crippen molar-refractivity contribution in [1.29, 1.82) is 0 Å². The van der Waals surface area contributed by atoms with Gasteiger partial charge in [-0.15, -0.1) is 34.2 Å². The molecule has 0 saturated carbocycles. The Labute approximate surface area is 177 Å². The molecule has 0 spiro atoms. The highest BCUT2D eigenvalue weighted by molar-refractivity contribution is 14.0. The summed E-state index contributed by atoms with van der Waals surface area (Å²) in [7, 11) is 0. The summed E-state index contributed by atoms with van der Waals surface area (Å²) in [6.07, 6.45) is 1.96. The summed E-state index contributed by atoms with van der Waals surface area (Å²) in [5.74, 6) is 1.63. The van der Waals surface area contributed by atoms with Gasteiger partial charge < -0.3 is 15.4 Å². The number of nitrogens with zero attached hydrogens (tertiary/aromatic N) is 5. The molecule has 9 heteroatoms. The van der Waals surface area contributed by atoms with Gasteiger partial charge in [0.15, 0.2) is 17.4 Å². The van der Waals surface area contributed by atoms with E-state index in [0.717, 1.165) is 50.3 Å². The number of aliphatic imine (C=N–C) groups is 1. The first-order valence-corrected chi connectivity index (χ1v) is 9.33. The van der Waals surface area contributed by atoms with E-state index in [1.165, 1.54) is 0 Å². The standard InChI is InChI=1S/C18H29N7O.HI/c1-4-19-18(20-11-14(2)24-9-10-26-13-15(24)3)21-12-17-23-22-16-7-5-6-8-25(16)17;/h5-8,14-15H,4,9-13H2,1-3H3,(H2,19,20,21);1H. The quantitative estimate of drug-likeness (QED) is 0.366. The molecule has 0 amide bonds. The van der Waals surface area contributed by atoms with Crippen molar-refractivity contribution in [2.24, 2.45) is 4.99 Å². The van der Waals surface area contributed by atoms with Crippen LogP contribution in [0.25, 0.3) is 5.65 Å². The Hall–Kier alpha value is -1.46. The number of guanidine groups is 1. The second-order valence-corrected chi connectivity index (χ2v) is 6.63. The molecule has 3 heterocycles. The van der Waals surface area contributed by atoms with Crippen molar-refractivity contribution in [3.05, 3.63) is 30.2 Å². The van der Waals surface area contributed by atoms with Crippen LogP contribution in [0.2, 0.25) is 0 Å². The molecule has 2 unspecified atom stereocenters. The molecular formula is C18H30IN7O. The number of aromatic nitrogens is 3. The lowest BCUT2D eigenvalue weighted by atomic mass is 10.2. The van der Waals surface area contributed by atoms with Crippen LogP contribution in [0.1, 0.15) is 26.6 Å². The topological polar surface area (TPSA) is 79.1 Å². The van der Waals surface area contributed by atoms with E-state index in [9.17, 15) is 0 Å². The fourth-order valence-electron chi connectivity index (χ4n) is 3.25. The Kier molecular flexibility index (Phi) is 8.71. The molecule has 8 nitrogen and oxygen atoms in total. The van der Waals surface area contributed by atoms with E-state index < -0.39 is 0 Å². The van der Waals surface area contributed by atoms with Crippen molar-refractivity contribution in [3.8, 4) is 0 Å². The van der Waals surface area contributed by atoms with Crippen molar-refractivity contribution >= 4 is 35.6 Å². The van der Waals surface area contributed by atoms with Gasteiger partial charge in [-0.3, -0.25) is 9.30 Å². The minimum absolute atomic E-state index is 0. The van der Waals surface area contributed by atoms with E-state index in [1.807, 2.05) is 28.8 Å². The van der Waals surface area contributed by atoms with Crippen LogP contribution in [-0.4, -0.2) is 70.4 Å². The smallest absolute Gasteiger partial charge is 0.191 e. The largest absolute Gasteiger partial charge is 0.379 e. The number of fused-ring (bicyclic) bond motifs is 1. The van der Waals surface area contributed by atoms with Crippen LogP contribution in [0.4, 0.5) is 0 Å². The van der Waals surface area contributed by atoms with Crippen molar-refractivity contribution in [1.82, 2.24) is 30.1 Å². The van der Waals surface area contributed by atoms with E-state index in [-0.39, 0.29) is 24.0 Å². The third-order valence-corrected chi connectivity index (χ3v) is 4.66. The number of hydrogen-bond acceptors (Lipinski definition) is 5. The summed E-state index contributed by atoms with van der Waals surface area (Å²) in [5.41, 5.74) is 0.839. The van der Waals surface area contributed by atoms with Crippen LogP contribution in [0.15, 0.2) is 29.4 Å². The summed E-state index contributed by atoms with van der Waals surface area (Å²) in [6, 6.07) is 6.72. The lowest BCUT2D eigenvalue weighted by Crippen LogP contribution is -2.53. The van der Waals surface area contributed by atoms with Crippen molar-refractivity contribution in [2.45, 2.75) is 39.4 Å². The van der Waals surface area contributed by atoms with Crippen LogP contribution < -0.4 is 10.6 Å². The van der Waals surface area contributed by atoms with E-state index in [2.05, 4.69) is 51.5 Å². The van der Waals surface area contributed by atoms with Crippen LogP contribution in [0, 0.1) is 0 Å². The molecule has 2 N–H and O–H groups in total. The maximum Gasteiger partial charge on any atom is 0.191 e. The minimum Gasteiger partial charge on any atom is -0.379 e. The molecule has 3 rings (SSSR count). The first kappa shape index (κ1) is 21.8. The van der Waals surface area contributed by atoms with Gasteiger partial charge in [-0.2, -0.15) is 0 Å². The number of ether oxygens (including phenoxy) is 1. The van der Waals surface area contributed by atoms with Gasteiger partial charge >= 0.3 is 0 Å². The second-order valence-electron chi connectivity index (χ2n) is 6.63. The minimum atomic E-state index is 0. The molecule has 2 aromatic heterocycles. The molecule has 2 aromatic rings. The van der Waals surface area contributed by atoms with Crippen molar-refractivity contribution in [2.75, 3.05) is 32.8 Å². The normalized spacial score (nSPS) is 19.5. The summed E-state index contributed by atoms with van der Waals surface area (Å²) >= 11 is 0. The molecule has 0 bridgehead atoms. The van der Waals surface area contributed by atoms with Gasteiger partial charge in [-0.25, -0.2) is 4.99 Å². The van der Waals surface area contributed by atoms with E-state index in [0.29, 0.717) is 18.6 Å². The van der Waals surface area contributed by atoms with Gasteiger partial charge in [0, 0.05) is 37.9 Å². The average molecular weight is 487 g/mol. The molecule has 1 saturated heterocycles. The maximum absolute atomic E-state index is 5.53. The highest BCUT2D eigenvalue weighted by Crippen LogP contribution is 2.10. The van der Waals surface area contributed by atoms with Gasteiger partial charge in [0.2, 0.25) is 0 Å². The number of morpholine rings is 1. The number of nitrogens with one attached hydrogen (secondary N) is 2. The van der Waals surface area contributed by atoms with Crippen molar-refractivity contribution < 1.29 is 4.74 Å². The Bertz CT molecular complexity index is 735. The lowest BCUT2D eigenvalue weighted by Gasteiger charge is -2.38. The van der Waals surface area contributed by atoms with Crippen LogP contribution >= 0.6 is 24.0 Å². The number of rotatable bonds is 6. The number of pyridine rings is 1. The Balaban J connectivity index is 0.00000261. The molecule has 1 aliphatic heterocycles. The summed E-state index contributed by atoms with van der Waals surface area (Å²) in [4.78, 5) is 7.15. The van der Waals surface area contributed by atoms with Crippen molar-refractivity contribution in [3.63, 3.8) is 0 Å². The fourth-order valence-corrected chi connectivity index (χ4v) is 3.25. The molecule has 0 aromatic carbocycles. The number of halogens is 1. The molecule has 1 aliphatic rings. The van der Waals surface area contributed by atoms with Gasteiger partial charge in [0.05, 0.1) is 13.2 Å².